The first kappa shape index (κ1) is 11.2. The van der Waals surface area contributed by atoms with Crippen LogP contribution in [-0.4, -0.2) is 20.2 Å². The van der Waals surface area contributed by atoms with Crippen LogP contribution in [0.4, 0.5) is 0 Å². The van der Waals surface area contributed by atoms with Gasteiger partial charge >= 0.3 is 0 Å². The minimum absolute atomic E-state index is 0.206. The third kappa shape index (κ3) is 2.28. The highest BCUT2D eigenvalue weighted by molar-refractivity contribution is 5.60. The van der Waals surface area contributed by atoms with Gasteiger partial charge in [0.25, 0.3) is 5.56 Å². The monoisotopic (exact) mass is 232 g/mol. The van der Waals surface area contributed by atoms with Crippen LogP contribution in [0.5, 0.6) is 11.5 Å². The van der Waals surface area contributed by atoms with Crippen LogP contribution in [0.2, 0.25) is 0 Å². The summed E-state index contributed by atoms with van der Waals surface area (Å²) in [5.74, 6) is -0.0700. The summed E-state index contributed by atoms with van der Waals surface area (Å²) >= 11 is 0. The summed E-state index contributed by atoms with van der Waals surface area (Å²) in [4.78, 5) is 18.2. The van der Waals surface area contributed by atoms with E-state index in [9.17, 15) is 15.0 Å². The Labute approximate surface area is 97.4 Å². The van der Waals surface area contributed by atoms with Gasteiger partial charge in [-0.2, -0.15) is 0 Å². The van der Waals surface area contributed by atoms with E-state index in [-0.39, 0.29) is 17.1 Å². The number of nitrogens with one attached hydrogen (secondary N) is 1. The number of hydrogen-bond acceptors (Lipinski definition) is 4. The topological polar surface area (TPSA) is 86.2 Å². The van der Waals surface area contributed by atoms with Crippen molar-refractivity contribution in [2.75, 3.05) is 0 Å². The molecule has 0 radical (unpaired) electrons. The van der Waals surface area contributed by atoms with E-state index in [0.717, 1.165) is 0 Å². The van der Waals surface area contributed by atoms with E-state index >= 15 is 0 Å². The van der Waals surface area contributed by atoms with Crippen LogP contribution in [0.3, 0.4) is 0 Å². The summed E-state index contributed by atoms with van der Waals surface area (Å²) in [7, 11) is 0. The number of rotatable bonds is 2. The number of aromatic nitrogens is 2. The molecule has 0 bridgehead atoms. The van der Waals surface area contributed by atoms with E-state index < -0.39 is 0 Å². The number of aryl methyl sites for hydroxylation is 1. The summed E-state index contributed by atoms with van der Waals surface area (Å²) in [6.07, 6.45) is 0.654. The first-order chi connectivity index (χ1) is 8.10. The molecule has 17 heavy (non-hydrogen) atoms. The van der Waals surface area contributed by atoms with Gasteiger partial charge in [0.15, 0.2) is 11.5 Å². The Morgan fingerprint density at radius 2 is 2.00 bits per heavy atom. The summed E-state index contributed by atoms with van der Waals surface area (Å²) < 4.78 is 0. The van der Waals surface area contributed by atoms with Gasteiger partial charge < -0.3 is 15.2 Å². The third-order valence-corrected chi connectivity index (χ3v) is 2.41. The molecule has 1 aromatic heterocycles. The SMILES string of the molecule is CCc1cc(=O)[nH]c(-c2ccc(O)c(O)c2)n1. The van der Waals surface area contributed by atoms with Crippen molar-refractivity contribution in [1.82, 2.24) is 9.97 Å². The molecule has 1 aromatic carbocycles. The Kier molecular flexibility index (Phi) is 2.82. The second-order valence-corrected chi connectivity index (χ2v) is 3.64. The molecular formula is C12H12N2O3. The number of hydrogen-bond donors (Lipinski definition) is 3. The Balaban J connectivity index is 2.55. The molecule has 0 aliphatic rings. The lowest BCUT2D eigenvalue weighted by atomic mass is 10.2. The van der Waals surface area contributed by atoms with E-state index in [4.69, 9.17) is 0 Å². The molecule has 2 aromatic rings. The highest BCUT2D eigenvalue weighted by Crippen LogP contribution is 2.28. The molecule has 0 amide bonds. The number of aromatic amines is 1. The van der Waals surface area contributed by atoms with Crippen molar-refractivity contribution in [3.63, 3.8) is 0 Å². The third-order valence-electron chi connectivity index (χ3n) is 2.41. The Bertz CT molecular complexity index is 605. The molecule has 1 heterocycles. The van der Waals surface area contributed by atoms with Crippen molar-refractivity contribution < 1.29 is 10.2 Å². The molecule has 0 aliphatic carbocycles. The van der Waals surface area contributed by atoms with Gasteiger partial charge in [-0.3, -0.25) is 4.79 Å². The van der Waals surface area contributed by atoms with Crippen LogP contribution in [-0.2, 0) is 6.42 Å². The van der Waals surface area contributed by atoms with Crippen molar-refractivity contribution in [2.24, 2.45) is 0 Å². The van der Waals surface area contributed by atoms with Gasteiger partial charge in [0.2, 0.25) is 0 Å². The van der Waals surface area contributed by atoms with Crippen molar-refractivity contribution in [3.05, 3.63) is 40.3 Å². The average molecular weight is 232 g/mol. The summed E-state index contributed by atoms with van der Waals surface area (Å²) in [6, 6.07) is 5.72. The molecule has 0 fully saturated rings. The molecule has 2 rings (SSSR count). The predicted octanol–water partition coefficient (Wildman–Crippen LogP) is 1.41. The summed E-state index contributed by atoms with van der Waals surface area (Å²) in [6.45, 7) is 1.90. The molecule has 0 unspecified atom stereocenters. The molecule has 0 spiro atoms. The summed E-state index contributed by atoms with van der Waals surface area (Å²) in [5.41, 5.74) is 0.989. The van der Waals surface area contributed by atoms with E-state index in [2.05, 4.69) is 9.97 Å². The quantitative estimate of drug-likeness (QED) is 0.683. The second kappa shape index (κ2) is 4.29. The van der Waals surface area contributed by atoms with Crippen LogP contribution >= 0.6 is 0 Å². The van der Waals surface area contributed by atoms with Crippen LogP contribution < -0.4 is 5.56 Å². The standard InChI is InChI=1S/C12H12N2O3/c1-2-8-6-11(17)14-12(13-8)7-3-4-9(15)10(16)5-7/h3-6,15-16H,2H2,1H3,(H,13,14,17). The van der Waals surface area contributed by atoms with Gasteiger partial charge in [-0.05, 0) is 24.6 Å². The first-order valence-electron chi connectivity index (χ1n) is 5.22. The maximum absolute atomic E-state index is 11.4. The Morgan fingerprint density at radius 3 is 2.65 bits per heavy atom. The van der Waals surface area contributed by atoms with Gasteiger partial charge in [0.1, 0.15) is 5.82 Å². The molecule has 3 N–H and O–H groups in total. The number of aromatic hydroxyl groups is 2. The van der Waals surface area contributed by atoms with Crippen molar-refractivity contribution in [3.8, 4) is 22.9 Å². The molecule has 0 saturated carbocycles. The van der Waals surface area contributed by atoms with E-state index in [1.807, 2.05) is 6.92 Å². The van der Waals surface area contributed by atoms with Gasteiger partial charge in [0, 0.05) is 17.3 Å². The van der Waals surface area contributed by atoms with Crippen molar-refractivity contribution >= 4 is 0 Å². The minimum Gasteiger partial charge on any atom is -0.504 e. The minimum atomic E-state index is -0.243. The largest absolute Gasteiger partial charge is 0.504 e. The fraction of sp³-hybridized carbons (Fsp3) is 0.167. The maximum Gasteiger partial charge on any atom is 0.251 e. The molecule has 5 nitrogen and oxygen atoms in total. The van der Waals surface area contributed by atoms with Gasteiger partial charge in [-0.15, -0.1) is 0 Å². The maximum atomic E-state index is 11.4. The van der Waals surface area contributed by atoms with Gasteiger partial charge in [-0.1, -0.05) is 6.92 Å². The van der Waals surface area contributed by atoms with E-state index in [0.29, 0.717) is 23.5 Å². The highest BCUT2D eigenvalue weighted by Gasteiger charge is 2.06. The zero-order chi connectivity index (χ0) is 12.4. The molecule has 88 valence electrons. The number of phenolic OH excluding ortho intramolecular Hbond substituents is 2. The van der Waals surface area contributed by atoms with Crippen LogP contribution in [0, 0.1) is 0 Å². The van der Waals surface area contributed by atoms with Gasteiger partial charge in [0.05, 0.1) is 0 Å². The Morgan fingerprint density at radius 1 is 1.24 bits per heavy atom. The fourth-order valence-corrected chi connectivity index (χ4v) is 1.50. The van der Waals surface area contributed by atoms with E-state index in [1.54, 1.807) is 6.07 Å². The van der Waals surface area contributed by atoms with Crippen LogP contribution in [0.25, 0.3) is 11.4 Å². The molecule has 0 saturated heterocycles. The zero-order valence-corrected chi connectivity index (χ0v) is 9.27. The second-order valence-electron chi connectivity index (χ2n) is 3.64. The van der Waals surface area contributed by atoms with E-state index in [1.165, 1.54) is 18.2 Å². The van der Waals surface area contributed by atoms with Crippen LogP contribution in [0.1, 0.15) is 12.6 Å². The van der Waals surface area contributed by atoms with Crippen molar-refractivity contribution in [1.29, 1.82) is 0 Å². The molecule has 0 aliphatic heterocycles. The molecule has 0 atom stereocenters. The smallest absolute Gasteiger partial charge is 0.251 e. The normalized spacial score (nSPS) is 10.4. The van der Waals surface area contributed by atoms with Gasteiger partial charge in [-0.25, -0.2) is 4.98 Å². The average Bonchev–Trinajstić information content (AvgIpc) is 2.32. The lowest BCUT2D eigenvalue weighted by Gasteiger charge is -2.04. The number of H-pyrrole nitrogens is 1. The number of nitrogens with zero attached hydrogens (tertiary/aromatic N) is 1. The zero-order valence-electron chi connectivity index (χ0n) is 9.27. The highest BCUT2D eigenvalue weighted by atomic mass is 16.3. The van der Waals surface area contributed by atoms with Crippen molar-refractivity contribution in [2.45, 2.75) is 13.3 Å². The predicted molar refractivity (Wildman–Crippen MR) is 63.0 cm³/mol. The fourth-order valence-electron chi connectivity index (χ4n) is 1.50. The lowest BCUT2D eigenvalue weighted by Crippen LogP contribution is -2.09. The molecule has 5 heteroatoms. The first-order valence-corrected chi connectivity index (χ1v) is 5.22. The number of phenols is 2. The Hall–Kier alpha value is -2.30. The number of benzene rings is 1. The summed E-state index contributed by atoms with van der Waals surface area (Å²) in [5, 5.41) is 18.6. The molecular weight excluding hydrogens is 220 g/mol. The van der Waals surface area contributed by atoms with Crippen LogP contribution in [0.15, 0.2) is 29.1 Å². The lowest BCUT2D eigenvalue weighted by molar-refractivity contribution is 0.404.